The van der Waals surface area contributed by atoms with E-state index in [1.165, 1.54) is 16.3 Å². The number of fused-ring (bicyclic) bond motifs is 1. The van der Waals surface area contributed by atoms with E-state index in [2.05, 4.69) is 25.1 Å². The highest BCUT2D eigenvalue weighted by Gasteiger charge is 2.01. The number of rotatable bonds is 2. The Morgan fingerprint density at radius 3 is 2.50 bits per heavy atom. The van der Waals surface area contributed by atoms with Crippen LogP contribution in [-0.2, 0) is 11.2 Å². The molecule has 0 amide bonds. The van der Waals surface area contributed by atoms with Crippen LogP contribution < -0.4 is 0 Å². The van der Waals surface area contributed by atoms with Gasteiger partial charge in [-0.3, -0.25) is 0 Å². The first-order chi connectivity index (χ1) is 6.83. The van der Waals surface area contributed by atoms with Crippen molar-refractivity contribution in [3.05, 3.63) is 47.5 Å². The van der Waals surface area contributed by atoms with E-state index < -0.39 is 0 Å². The lowest BCUT2D eigenvalue weighted by Gasteiger charge is -2.05. The van der Waals surface area contributed by atoms with Gasteiger partial charge in [0, 0.05) is 6.42 Å². The van der Waals surface area contributed by atoms with Gasteiger partial charge in [0.15, 0.2) is 0 Å². The molecule has 0 aliphatic carbocycles. The van der Waals surface area contributed by atoms with Gasteiger partial charge in [-0.2, -0.15) is 0 Å². The van der Waals surface area contributed by atoms with Gasteiger partial charge in [0.2, 0.25) is 0 Å². The van der Waals surface area contributed by atoms with Crippen LogP contribution in [0.4, 0.5) is 0 Å². The summed E-state index contributed by atoms with van der Waals surface area (Å²) in [7, 11) is 0. The predicted octanol–water partition coefficient (Wildman–Crippen LogP) is 2.89. The van der Waals surface area contributed by atoms with Crippen LogP contribution in [0, 0.1) is 6.92 Å². The van der Waals surface area contributed by atoms with E-state index in [4.69, 9.17) is 0 Å². The van der Waals surface area contributed by atoms with Gasteiger partial charge in [0.1, 0.15) is 6.29 Å². The molecule has 0 unspecified atom stereocenters. The molecule has 2 rings (SSSR count). The van der Waals surface area contributed by atoms with Gasteiger partial charge < -0.3 is 4.79 Å². The molecule has 14 heavy (non-hydrogen) atoms. The molecule has 2 aromatic rings. The summed E-state index contributed by atoms with van der Waals surface area (Å²) in [5, 5.41) is 2.44. The summed E-state index contributed by atoms with van der Waals surface area (Å²) in [6, 6.07) is 12.3. The third-order valence-corrected chi connectivity index (χ3v) is 2.54. The molecule has 1 nitrogen and oxygen atoms in total. The van der Waals surface area contributed by atoms with E-state index in [0.717, 1.165) is 11.8 Å². The van der Waals surface area contributed by atoms with Crippen LogP contribution in [0.1, 0.15) is 11.1 Å². The van der Waals surface area contributed by atoms with Crippen molar-refractivity contribution in [2.45, 2.75) is 13.3 Å². The lowest BCUT2D eigenvalue weighted by Crippen LogP contribution is -1.89. The summed E-state index contributed by atoms with van der Waals surface area (Å²) in [6.07, 6.45) is 1.46. The maximum atomic E-state index is 10.5. The fraction of sp³-hybridized carbons (Fsp3) is 0.154. The van der Waals surface area contributed by atoms with E-state index in [1.54, 1.807) is 0 Å². The van der Waals surface area contributed by atoms with Gasteiger partial charge in [0.25, 0.3) is 0 Å². The molecule has 0 spiro atoms. The van der Waals surface area contributed by atoms with Crippen molar-refractivity contribution in [1.82, 2.24) is 0 Å². The highest BCUT2D eigenvalue weighted by Crippen LogP contribution is 2.22. The summed E-state index contributed by atoms with van der Waals surface area (Å²) in [6.45, 7) is 2.09. The minimum Gasteiger partial charge on any atom is -0.303 e. The Morgan fingerprint density at radius 1 is 1.07 bits per heavy atom. The Kier molecular flexibility index (Phi) is 2.32. The zero-order valence-corrected chi connectivity index (χ0v) is 8.16. The van der Waals surface area contributed by atoms with Gasteiger partial charge in [-0.05, 0) is 28.8 Å². The van der Waals surface area contributed by atoms with Crippen molar-refractivity contribution in [2.24, 2.45) is 0 Å². The van der Waals surface area contributed by atoms with E-state index in [9.17, 15) is 4.79 Å². The molecule has 0 aliphatic rings. The monoisotopic (exact) mass is 184 g/mol. The SMILES string of the molecule is Cc1ccc(CC=O)c2ccccc12. The Labute approximate surface area is 83.4 Å². The Morgan fingerprint density at radius 2 is 1.79 bits per heavy atom. The standard InChI is InChI=1S/C13H12O/c1-10-6-7-11(8-9-14)13-5-3-2-4-12(10)13/h2-7,9H,8H2,1H3. The highest BCUT2D eigenvalue weighted by atomic mass is 16.1. The number of carbonyl (C=O) groups excluding carboxylic acids is 1. The maximum Gasteiger partial charge on any atom is 0.124 e. The number of benzene rings is 2. The van der Waals surface area contributed by atoms with Crippen molar-refractivity contribution in [2.75, 3.05) is 0 Å². The molecule has 0 aliphatic heterocycles. The lowest BCUT2D eigenvalue weighted by atomic mass is 9.99. The summed E-state index contributed by atoms with van der Waals surface area (Å²) >= 11 is 0. The second-order valence-electron chi connectivity index (χ2n) is 3.46. The third-order valence-electron chi connectivity index (χ3n) is 2.54. The number of hydrogen-bond donors (Lipinski definition) is 0. The van der Waals surface area contributed by atoms with Gasteiger partial charge in [-0.25, -0.2) is 0 Å². The number of hydrogen-bond acceptors (Lipinski definition) is 1. The maximum absolute atomic E-state index is 10.5. The quantitative estimate of drug-likeness (QED) is 0.656. The normalized spacial score (nSPS) is 10.4. The van der Waals surface area contributed by atoms with Crippen LogP contribution in [0.25, 0.3) is 10.8 Å². The molecular weight excluding hydrogens is 172 g/mol. The van der Waals surface area contributed by atoms with E-state index in [-0.39, 0.29) is 0 Å². The van der Waals surface area contributed by atoms with Crippen molar-refractivity contribution in [3.8, 4) is 0 Å². The zero-order chi connectivity index (χ0) is 9.97. The summed E-state index contributed by atoms with van der Waals surface area (Å²) in [5.74, 6) is 0. The third kappa shape index (κ3) is 1.41. The minimum atomic E-state index is 0.501. The van der Waals surface area contributed by atoms with Gasteiger partial charge in [-0.1, -0.05) is 36.4 Å². The number of carbonyl (C=O) groups is 1. The van der Waals surface area contributed by atoms with Crippen LogP contribution in [0.15, 0.2) is 36.4 Å². The molecule has 0 heterocycles. The van der Waals surface area contributed by atoms with Crippen LogP contribution >= 0.6 is 0 Å². The zero-order valence-electron chi connectivity index (χ0n) is 8.16. The molecule has 0 saturated heterocycles. The van der Waals surface area contributed by atoms with E-state index in [0.29, 0.717) is 6.42 Å². The fourth-order valence-corrected chi connectivity index (χ4v) is 1.78. The van der Waals surface area contributed by atoms with Gasteiger partial charge >= 0.3 is 0 Å². The van der Waals surface area contributed by atoms with Gasteiger partial charge in [-0.15, -0.1) is 0 Å². The van der Waals surface area contributed by atoms with Crippen molar-refractivity contribution < 1.29 is 4.79 Å². The van der Waals surface area contributed by atoms with Crippen LogP contribution in [0.2, 0.25) is 0 Å². The molecule has 0 bridgehead atoms. The first kappa shape index (κ1) is 8.95. The molecule has 70 valence electrons. The molecule has 0 saturated carbocycles. The average molecular weight is 184 g/mol. The lowest BCUT2D eigenvalue weighted by molar-refractivity contribution is -0.107. The molecule has 0 atom stereocenters. The Balaban J connectivity index is 2.74. The Bertz CT molecular complexity index is 472. The summed E-state index contributed by atoms with van der Waals surface area (Å²) in [5.41, 5.74) is 2.37. The largest absolute Gasteiger partial charge is 0.303 e. The second kappa shape index (κ2) is 3.62. The molecule has 1 heteroatoms. The first-order valence-corrected chi connectivity index (χ1v) is 4.74. The molecule has 2 aromatic carbocycles. The van der Waals surface area contributed by atoms with Crippen molar-refractivity contribution in [1.29, 1.82) is 0 Å². The molecule has 0 fully saturated rings. The highest BCUT2D eigenvalue weighted by molar-refractivity contribution is 5.89. The molecule has 0 aromatic heterocycles. The predicted molar refractivity (Wildman–Crippen MR) is 58.5 cm³/mol. The van der Waals surface area contributed by atoms with Crippen LogP contribution in [0.5, 0.6) is 0 Å². The minimum absolute atomic E-state index is 0.501. The van der Waals surface area contributed by atoms with Crippen LogP contribution in [-0.4, -0.2) is 6.29 Å². The summed E-state index contributed by atoms with van der Waals surface area (Å²) < 4.78 is 0. The Hall–Kier alpha value is -1.63. The fourth-order valence-electron chi connectivity index (χ4n) is 1.78. The van der Waals surface area contributed by atoms with E-state index in [1.807, 2.05) is 18.2 Å². The van der Waals surface area contributed by atoms with Crippen LogP contribution in [0.3, 0.4) is 0 Å². The smallest absolute Gasteiger partial charge is 0.124 e. The van der Waals surface area contributed by atoms with Crippen molar-refractivity contribution >= 4 is 17.1 Å². The summed E-state index contributed by atoms with van der Waals surface area (Å²) in [4.78, 5) is 10.5. The molecular formula is C13H12O. The van der Waals surface area contributed by atoms with E-state index >= 15 is 0 Å². The van der Waals surface area contributed by atoms with Gasteiger partial charge in [0.05, 0.1) is 0 Å². The molecule has 0 radical (unpaired) electrons. The topological polar surface area (TPSA) is 17.1 Å². The second-order valence-corrected chi connectivity index (χ2v) is 3.46. The average Bonchev–Trinajstić information content (AvgIpc) is 2.23. The number of aryl methyl sites for hydroxylation is 1. The van der Waals surface area contributed by atoms with Crippen molar-refractivity contribution in [3.63, 3.8) is 0 Å². The number of aldehydes is 1. The first-order valence-electron chi connectivity index (χ1n) is 4.74. The molecule has 0 N–H and O–H groups in total.